The maximum Gasteiger partial charge on any atom is 0.387 e. The molecular formula is C12H14F2N2O2. The summed E-state index contributed by atoms with van der Waals surface area (Å²) in [5, 5.41) is 2.76. The molecule has 0 aromatic heterocycles. The number of rotatable bonds is 5. The van der Waals surface area contributed by atoms with Crippen molar-refractivity contribution in [1.82, 2.24) is 5.32 Å². The lowest BCUT2D eigenvalue weighted by Gasteiger charge is -2.16. The SMILES string of the molecule is NCC1(NC(=O)c2ccccc2OC(F)F)CC1. The highest BCUT2D eigenvalue weighted by Crippen LogP contribution is 2.34. The highest BCUT2D eigenvalue weighted by molar-refractivity contribution is 5.97. The van der Waals surface area contributed by atoms with E-state index in [1.165, 1.54) is 18.2 Å². The van der Waals surface area contributed by atoms with Crippen LogP contribution in [0.25, 0.3) is 0 Å². The lowest BCUT2D eigenvalue weighted by atomic mass is 10.1. The molecular weight excluding hydrogens is 242 g/mol. The molecule has 0 bridgehead atoms. The number of hydrogen-bond acceptors (Lipinski definition) is 3. The summed E-state index contributed by atoms with van der Waals surface area (Å²) in [6.07, 6.45) is 1.63. The summed E-state index contributed by atoms with van der Waals surface area (Å²) in [6, 6.07) is 5.91. The normalized spacial score (nSPS) is 16.4. The molecule has 0 unspecified atom stereocenters. The minimum Gasteiger partial charge on any atom is -0.434 e. The molecule has 0 spiro atoms. The fraction of sp³-hybridized carbons (Fsp3) is 0.417. The molecule has 1 aliphatic rings. The molecule has 3 N–H and O–H groups in total. The molecule has 1 amide bonds. The van der Waals surface area contributed by atoms with Crippen LogP contribution in [0.2, 0.25) is 0 Å². The molecule has 0 heterocycles. The standard InChI is InChI=1S/C12H14F2N2O2/c13-11(14)18-9-4-2-1-3-8(9)10(17)16-12(7-15)5-6-12/h1-4,11H,5-7,15H2,(H,16,17). The van der Waals surface area contributed by atoms with Crippen LogP contribution in [0.4, 0.5) is 8.78 Å². The number of nitrogens with one attached hydrogen (secondary N) is 1. The summed E-state index contributed by atoms with van der Waals surface area (Å²) in [6.45, 7) is -2.61. The van der Waals surface area contributed by atoms with Crippen molar-refractivity contribution < 1.29 is 18.3 Å². The maximum atomic E-state index is 12.2. The van der Waals surface area contributed by atoms with Gasteiger partial charge in [0.25, 0.3) is 5.91 Å². The third kappa shape index (κ3) is 2.76. The summed E-state index contributed by atoms with van der Waals surface area (Å²) in [7, 11) is 0. The van der Waals surface area contributed by atoms with E-state index in [1.54, 1.807) is 6.07 Å². The smallest absolute Gasteiger partial charge is 0.387 e. The molecule has 1 aromatic carbocycles. The number of nitrogens with two attached hydrogens (primary N) is 1. The van der Waals surface area contributed by atoms with E-state index in [0.29, 0.717) is 6.54 Å². The predicted molar refractivity (Wildman–Crippen MR) is 61.6 cm³/mol. The fourth-order valence-corrected chi connectivity index (χ4v) is 1.69. The van der Waals surface area contributed by atoms with Gasteiger partial charge in [0, 0.05) is 6.54 Å². The van der Waals surface area contributed by atoms with Gasteiger partial charge in [-0.05, 0) is 25.0 Å². The van der Waals surface area contributed by atoms with Crippen LogP contribution in [0.3, 0.4) is 0 Å². The van der Waals surface area contributed by atoms with Gasteiger partial charge >= 0.3 is 6.61 Å². The van der Waals surface area contributed by atoms with Crippen molar-refractivity contribution in [1.29, 1.82) is 0 Å². The Morgan fingerprint density at radius 2 is 2.11 bits per heavy atom. The van der Waals surface area contributed by atoms with Crippen LogP contribution in [-0.2, 0) is 0 Å². The Morgan fingerprint density at radius 3 is 2.67 bits per heavy atom. The molecule has 1 fully saturated rings. The van der Waals surface area contributed by atoms with Gasteiger partial charge in [0.2, 0.25) is 0 Å². The van der Waals surface area contributed by atoms with Gasteiger partial charge in [-0.1, -0.05) is 12.1 Å². The average Bonchev–Trinajstić information content (AvgIpc) is 3.09. The summed E-state index contributed by atoms with van der Waals surface area (Å²) in [5.74, 6) is -0.563. The van der Waals surface area contributed by atoms with Gasteiger partial charge in [-0.15, -0.1) is 0 Å². The third-order valence-electron chi connectivity index (χ3n) is 2.97. The largest absolute Gasteiger partial charge is 0.434 e. The number of hydrogen-bond donors (Lipinski definition) is 2. The second-order valence-electron chi connectivity index (χ2n) is 4.31. The minimum atomic E-state index is -2.96. The van der Waals surface area contributed by atoms with E-state index in [9.17, 15) is 13.6 Å². The van der Waals surface area contributed by atoms with Crippen LogP contribution < -0.4 is 15.8 Å². The molecule has 0 aliphatic heterocycles. The number of amides is 1. The Hall–Kier alpha value is -1.69. The fourth-order valence-electron chi connectivity index (χ4n) is 1.69. The number of carbonyl (C=O) groups excluding carboxylic acids is 1. The first-order valence-corrected chi connectivity index (χ1v) is 5.63. The van der Waals surface area contributed by atoms with E-state index in [-0.39, 0.29) is 16.9 Å². The quantitative estimate of drug-likeness (QED) is 0.839. The Labute approximate surface area is 103 Å². The summed E-state index contributed by atoms with van der Waals surface area (Å²) >= 11 is 0. The lowest BCUT2D eigenvalue weighted by molar-refractivity contribution is -0.0501. The van der Waals surface area contributed by atoms with Gasteiger partial charge in [-0.25, -0.2) is 0 Å². The molecule has 0 atom stereocenters. The van der Waals surface area contributed by atoms with Crippen molar-refractivity contribution in [2.75, 3.05) is 6.54 Å². The zero-order valence-corrected chi connectivity index (χ0v) is 9.66. The van der Waals surface area contributed by atoms with E-state index in [4.69, 9.17) is 5.73 Å². The topological polar surface area (TPSA) is 64.3 Å². The molecule has 1 aromatic rings. The van der Waals surface area contributed by atoms with Gasteiger partial charge in [0.15, 0.2) is 0 Å². The Kier molecular flexibility index (Phi) is 3.47. The Balaban J connectivity index is 2.14. The van der Waals surface area contributed by atoms with Crippen molar-refractivity contribution in [2.24, 2.45) is 5.73 Å². The molecule has 1 saturated carbocycles. The number of para-hydroxylation sites is 1. The van der Waals surface area contributed by atoms with Crippen molar-refractivity contribution >= 4 is 5.91 Å². The monoisotopic (exact) mass is 256 g/mol. The minimum absolute atomic E-state index is 0.0949. The molecule has 98 valence electrons. The second-order valence-corrected chi connectivity index (χ2v) is 4.31. The summed E-state index contributed by atoms with van der Waals surface area (Å²) in [4.78, 5) is 12.0. The Morgan fingerprint density at radius 1 is 1.44 bits per heavy atom. The maximum absolute atomic E-state index is 12.2. The molecule has 1 aliphatic carbocycles. The number of alkyl halides is 2. The molecule has 0 saturated heterocycles. The number of halogens is 2. The second kappa shape index (κ2) is 4.89. The molecule has 6 heteroatoms. The first-order chi connectivity index (χ1) is 8.56. The zero-order chi connectivity index (χ0) is 13.2. The van der Waals surface area contributed by atoms with E-state index in [0.717, 1.165) is 12.8 Å². The Bertz CT molecular complexity index is 447. The van der Waals surface area contributed by atoms with Crippen molar-refractivity contribution in [3.8, 4) is 5.75 Å². The summed E-state index contributed by atoms with van der Waals surface area (Å²) < 4.78 is 28.7. The van der Waals surface area contributed by atoms with E-state index < -0.39 is 12.5 Å². The molecule has 18 heavy (non-hydrogen) atoms. The van der Waals surface area contributed by atoms with Crippen molar-refractivity contribution in [2.45, 2.75) is 25.0 Å². The first kappa shape index (κ1) is 12.8. The van der Waals surface area contributed by atoms with Gasteiger partial charge in [-0.2, -0.15) is 8.78 Å². The van der Waals surface area contributed by atoms with Crippen LogP contribution >= 0.6 is 0 Å². The highest BCUT2D eigenvalue weighted by atomic mass is 19.3. The van der Waals surface area contributed by atoms with E-state index >= 15 is 0 Å². The van der Waals surface area contributed by atoms with Crippen LogP contribution in [-0.4, -0.2) is 24.6 Å². The van der Waals surface area contributed by atoms with E-state index in [1.807, 2.05) is 0 Å². The van der Waals surface area contributed by atoms with Gasteiger partial charge in [0.1, 0.15) is 5.75 Å². The third-order valence-corrected chi connectivity index (χ3v) is 2.97. The number of carbonyl (C=O) groups is 1. The van der Waals surface area contributed by atoms with Crippen LogP contribution in [0, 0.1) is 0 Å². The van der Waals surface area contributed by atoms with Crippen molar-refractivity contribution in [3.05, 3.63) is 29.8 Å². The first-order valence-electron chi connectivity index (χ1n) is 5.63. The van der Waals surface area contributed by atoms with Crippen LogP contribution in [0.1, 0.15) is 23.2 Å². The number of ether oxygens (including phenoxy) is 1. The van der Waals surface area contributed by atoms with Crippen molar-refractivity contribution in [3.63, 3.8) is 0 Å². The van der Waals surface area contributed by atoms with Gasteiger partial charge < -0.3 is 15.8 Å². The highest BCUT2D eigenvalue weighted by Gasteiger charge is 2.43. The molecule has 2 rings (SSSR count). The van der Waals surface area contributed by atoms with Crippen LogP contribution in [0.5, 0.6) is 5.75 Å². The summed E-state index contributed by atoms with van der Waals surface area (Å²) in [5.41, 5.74) is 5.28. The van der Waals surface area contributed by atoms with Gasteiger partial charge in [0.05, 0.1) is 11.1 Å². The number of benzene rings is 1. The van der Waals surface area contributed by atoms with Gasteiger partial charge in [-0.3, -0.25) is 4.79 Å². The lowest BCUT2D eigenvalue weighted by Crippen LogP contribution is -2.42. The molecule has 0 radical (unpaired) electrons. The zero-order valence-electron chi connectivity index (χ0n) is 9.66. The average molecular weight is 256 g/mol. The molecule has 4 nitrogen and oxygen atoms in total. The predicted octanol–water partition coefficient (Wildman–Crippen LogP) is 1.51. The van der Waals surface area contributed by atoms with E-state index in [2.05, 4.69) is 10.1 Å². The van der Waals surface area contributed by atoms with Crippen LogP contribution in [0.15, 0.2) is 24.3 Å².